The minimum absolute atomic E-state index is 0.0945. The molecule has 0 radical (unpaired) electrons. The van der Waals surface area contributed by atoms with Crippen molar-refractivity contribution in [1.29, 1.82) is 0 Å². The van der Waals surface area contributed by atoms with Crippen LogP contribution in [0.15, 0.2) is 24.3 Å². The average Bonchev–Trinajstić information content (AvgIpc) is 3.37. The number of anilines is 1. The van der Waals surface area contributed by atoms with Gasteiger partial charge < -0.3 is 20.1 Å². The highest BCUT2D eigenvalue weighted by Crippen LogP contribution is 2.42. The maximum absolute atomic E-state index is 13.9. The first-order valence-electron chi connectivity index (χ1n) is 12.2. The Labute approximate surface area is 201 Å². The van der Waals surface area contributed by atoms with Crippen molar-refractivity contribution < 1.29 is 27.4 Å². The Bertz CT molecular complexity index is 1030. The second-order valence-electron chi connectivity index (χ2n) is 10.1. The lowest BCUT2D eigenvalue weighted by atomic mass is 10.00. The van der Waals surface area contributed by atoms with Crippen molar-refractivity contribution >= 4 is 5.82 Å². The van der Waals surface area contributed by atoms with Gasteiger partial charge in [-0.25, -0.2) is 4.39 Å². The molecular weight excluding hydrogens is 464 g/mol. The zero-order valence-corrected chi connectivity index (χ0v) is 19.4. The predicted molar refractivity (Wildman–Crippen MR) is 122 cm³/mol. The summed E-state index contributed by atoms with van der Waals surface area (Å²) in [5.74, 6) is 0.677. The zero-order chi connectivity index (χ0) is 24.6. The van der Waals surface area contributed by atoms with Crippen molar-refractivity contribution in [3.8, 4) is 11.3 Å². The van der Waals surface area contributed by atoms with E-state index < -0.39 is 24.2 Å². The monoisotopic (exact) mass is 494 g/mol. The van der Waals surface area contributed by atoms with Gasteiger partial charge in [0.25, 0.3) is 0 Å². The number of hydrogen-bond acceptors (Lipinski definition) is 6. The normalized spacial score (nSPS) is 25.7. The number of likely N-dealkylation sites (tertiary alicyclic amines) is 1. The lowest BCUT2D eigenvalue weighted by molar-refractivity contribution is -0.137. The van der Waals surface area contributed by atoms with Gasteiger partial charge in [-0.3, -0.25) is 0 Å². The van der Waals surface area contributed by atoms with Gasteiger partial charge in [-0.1, -0.05) is 6.07 Å². The molecule has 3 atom stereocenters. The first-order chi connectivity index (χ1) is 16.8. The van der Waals surface area contributed by atoms with E-state index in [0.29, 0.717) is 17.8 Å². The van der Waals surface area contributed by atoms with E-state index >= 15 is 0 Å². The Balaban J connectivity index is 1.28. The number of fused-ring (bicyclic) bond motifs is 1. The third-order valence-electron chi connectivity index (χ3n) is 7.64. The van der Waals surface area contributed by atoms with Crippen molar-refractivity contribution in [1.82, 2.24) is 15.1 Å². The van der Waals surface area contributed by atoms with Crippen LogP contribution in [0, 0.1) is 23.6 Å². The summed E-state index contributed by atoms with van der Waals surface area (Å²) in [7, 11) is 0. The predicted octanol–water partition coefficient (Wildman–Crippen LogP) is 4.34. The van der Waals surface area contributed by atoms with Crippen LogP contribution < -0.4 is 5.32 Å². The van der Waals surface area contributed by atoms with Gasteiger partial charge in [0.1, 0.15) is 11.4 Å². The summed E-state index contributed by atoms with van der Waals surface area (Å²) >= 11 is 0. The molecule has 0 unspecified atom stereocenters. The number of benzene rings is 1. The highest BCUT2D eigenvalue weighted by atomic mass is 19.4. The van der Waals surface area contributed by atoms with E-state index in [1.54, 1.807) is 0 Å². The lowest BCUT2D eigenvalue weighted by Gasteiger charge is -2.28. The summed E-state index contributed by atoms with van der Waals surface area (Å²) in [6, 6.07) is 4.32. The SMILES string of the molecule is OCc1ccc(F)cc1-c1cc(C(F)(F)F)c(N[C@H]2C[C@@H]3CN(CC4CCOCC4)C[C@@H]3C2)nn1. The summed E-state index contributed by atoms with van der Waals surface area (Å²) in [6.07, 6.45) is -0.863. The van der Waals surface area contributed by atoms with Crippen LogP contribution >= 0.6 is 0 Å². The number of nitrogens with zero attached hydrogens (tertiary/aromatic N) is 3. The highest BCUT2D eigenvalue weighted by Gasteiger charge is 2.43. The van der Waals surface area contributed by atoms with Crippen molar-refractivity contribution in [2.24, 2.45) is 17.8 Å². The van der Waals surface area contributed by atoms with Crippen LogP contribution in [0.5, 0.6) is 0 Å². The maximum Gasteiger partial charge on any atom is 0.420 e. The molecular formula is C25H30F4N4O2. The van der Waals surface area contributed by atoms with Crippen LogP contribution in [0.2, 0.25) is 0 Å². The van der Waals surface area contributed by atoms with Crippen LogP contribution in [-0.4, -0.2) is 59.1 Å². The Kier molecular flexibility index (Phi) is 6.96. The van der Waals surface area contributed by atoms with E-state index in [1.165, 1.54) is 6.07 Å². The van der Waals surface area contributed by atoms with Gasteiger partial charge in [-0.2, -0.15) is 13.2 Å². The second-order valence-corrected chi connectivity index (χ2v) is 10.1. The molecule has 3 heterocycles. The van der Waals surface area contributed by atoms with E-state index in [4.69, 9.17) is 4.74 Å². The van der Waals surface area contributed by atoms with Gasteiger partial charge in [0.15, 0.2) is 5.82 Å². The number of nitrogens with one attached hydrogen (secondary N) is 1. The Morgan fingerprint density at radius 1 is 1.06 bits per heavy atom. The van der Waals surface area contributed by atoms with Crippen LogP contribution in [0.3, 0.4) is 0 Å². The second kappa shape index (κ2) is 9.99. The Morgan fingerprint density at radius 3 is 2.43 bits per heavy atom. The molecule has 35 heavy (non-hydrogen) atoms. The van der Waals surface area contributed by atoms with E-state index in [9.17, 15) is 22.7 Å². The topological polar surface area (TPSA) is 70.5 Å². The van der Waals surface area contributed by atoms with E-state index in [0.717, 1.165) is 76.7 Å². The van der Waals surface area contributed by atoms with Gasteiger partial charge in [0.05, 0.1) is 12.3 Å². The fourth-order valence-electron chi connectivity index (χ4n) is 5.92. The molecule has 3 aliphatic rings. The zero-order valence-electron chi connectivity index (χ0n) is 19.4. The largest absolute Gasteiger partial charge is 0.420 e. The molecule has 1 aromatic carbocycles. The lowest BCUT2D eigenvalue weighted by Crippen LogP contribution is -2.32. The number of aliphatic hydroxyl groups is 1. The quantitative estimate of drug-likeness (QED) is 0.583. The highest BCUT2D eigenvalue weighted by molar-refractivity contribution is 5.66. The molecule has 1 aromatic heterocycles. The summed E-state index contributed by atoms with van der Waals surface area (Å²) in [5.41, 5.74) is -0.687. The van der Waals surface area contributed by atoms with Crippen LogP contribution in [0.4, 0.5) is 23.4 Å². The number of rotatable bonds is 6. The molecule has 2 aliphatic heterocycles. The van der Waals surface area contributed by atoms with Crippen LogP contribution in [0.25, 0.3) is 11.3 Å². The molecule has 2 aromatic rings. The number of aromatic nitrogens is 2. The third-order valence-corrected chi connectivity index (χ3v) is 7.64. The molecule has 0 bridgehead atoms. The van der Waals surface area contributed by atoms with Crippen molar-refractivity contribution in [2.45, 2.75) is 44.5 Å². The van der Waals surface area contributed by atoms with E-state index in [-0.39, 0.29) is 28.7 Å². The molecule has 190 valence electrons. The number of ether oxygens (including phenoxy) is 1. The van der Waals surface area contributed by atoms with E-state index in [2.05, 4.69) is 20.4 Å². The summed E-state index contributed by atoms with van der Waals surface area (Å²) < 4.78 is 61.0. The van der Waals surface area contributed by atoms with Gasteiger partial charge >= 0.3 is 6.18 Å². The number of aliphatic hydroxyl groups excluding tert-OH is 1. The van der Waals surface area contributed by atoms with Gasteiger partial charge in [0.2, 0.25) is 0 Å². The fourth-order valence-corrected chi connectivity index (χ4v) is 5.92. The first-order valence-corrected chi connectivity index (χ1v) is 12.2. The standard InChI is InChI=1S/C25H30F4N4O2/c26-19-2-1-16(14-34)21(9-19)23-10-22(25(27,28)29)24(32-31-23)30-20-7-17-12-33(13-18(17)8-20)11-15-3-5-35-6-4-15/h1-2,9-10,15,17-18,20,34H,3-8,11-14H2,(H,30,32)/t17-,18+,20+. The Hall–Kier alpha value is -2.30. The van der Waals surface area contributed by atoms with Gasteiger partial charge in [-0.15, -0.1) is 10.2 Å². The van der Waals surface area contributed by atoms with Gasteiger partial charge in [0, 0.05) is 44.5 Å². The minimum atomic E-state index is -4.66. The summed E-state index contributed by atoms with van der Waals surface area (Å²) in [6.45, 7) is 4.27. The molecule has 1 aliphatic carbocycles. The number of halogens is 4. The molecule has 3 fully saturated rings. The molecule has 2 saturated heterocycles. The van der Waals surface area contributed by atoms with Crippen molar-refractivity contribution in [2.75, 3.05) is 38.2 Å². The summed E-state index contributed by atoms with van der Waals surface area (Å²) in [4.78, 5) is 2.51. The molecule has 0 amide bonds. The molecule has 0 spiro atoms. The molecule has 1 saturated carbocycles. The van der Waals surface area contributed by atoms with Crippen molar-refractivity contribution in [3.63, 3.8) is 0 Å². The van der Waals surface area contributed by atoms with Crippen LogP contribution in [-0.2, 0) is 17.5 Å². The molecule has 6 nitrogen and oxygen atoms in total. The number of hydrogen-bond donors (Lipinski definition) is 2. The first kappa shape index (κ1) is 24.4. The molecule has 10 heteroatoms. The smallest absolute Gasteiger partial charge is 0.392 e. The average molecular weight is 495 g/mol. The Morgan fingerprint density at radius 2 is 1.77 bits per heavy atom. The number of alkyl halides is 3. The van der Waals surface area contributed by atoms with Crippen LogP contribution in [0.1, 0.15) is 36.8 Å². The molecule has 2 N–H and O–H groups in total. The minimum Gasteiger partial charge on any atom is -0.392 e. The summed E-state index contributed by atoms with van der Waals surface area (Å²) in [5, 5.41) is 20.4. The van der Waals surface area contributed by atoms with Crippen molar-refractivity contribution in [3.05, 3.63) is 41.2 Å². The maximum atomic E-state index is 13.9. The third kappa shape index (κ3) is 5.44. The molecule has 5 rings (SSSR count). The van der Waals surface area contributed by atoms with Gasteiger partial charge in [-0.05, 0) is 67.2 Å². The van der Waals surface area contributed by atoms with E-state index in [1.807, 2.05) is 0 Å². The fraction of sp³-hybridized carbons (Fsp3) is 0.600.